The Morgan fingerprint density at radius 3 is 2.12 bits per heavy atom. The number of benzene rings is 3. The van der Waals surface area contributed by atoms with Gasteiger partial charge in [-0.3, -0.25) is 4.79 Å². The molecule has 24 heavy (non-hydrogen) atoms. The number of rotatable bonds is 1. The van der Waals surface area contributed by atoms with Crippen molar-refractivity contribution < 1.29 is 4.79 Å². The number of carbonyl (C=O) groups is 1. The molecule has 3 aromatic carbocycles. The first-order valence-corrected chi connectivity index (χ1v) is 7.97. The van der Waals surface area contributed by atoms with Crippen molar-refractivity contribution in [2.45, 2.75) is 0 Å². The van der Waals surface area contributed by atoms with Gasteiger partial charge in [0.2, 0.25) is 0 Å². The van der Waals surface area contributed by atoms with Crippen molar-refractivity contribution in [1.29, 1.82) is 0 Å². The molecule has 0 fully saturated rings. The van der Waals surface area contributed by atoms with E-state index in [1.165, 1.54) is 0 Å². The summed E-state index contributed by atoms with van der Waals surface area (Å²) in [5.74, 6) is 0.0673. The highest BCUT2D eigenvalue weighted by atomic mass is 16.1. The number of hydrogen-bond donors (Lipinski definition) is 0. The van der Waals surface area contributed by atoms with E-state index < -0.39 is 0 Å². The van der Waals surface area contributed by atoms with Gasteiger partial charge in [0.05, 0.1) is 16.8 Å². The van der Waals surface area contributed by atoms with E-state index in [2.05, 4.69) is 0 Å². The molecule has 0 spiro atoms. The summed E-state index contributed by atoms with van der Waals surface area (Å²) in [6, 6.07) is 25.8. The van der Waals surface area contributed by atoms with Crippen LogP contribution in [0, 0.1) is 0 Å². The van der Waals surface area contributed by atoms with Crippen LogP contribution in [0.15, 0.2) is 78.9 Å². The summed E-state index contributed by atoms with van der Waals surface area (Å²) in [6.07, 6.45) is 0. The van der Waals surface area contributed by atoms with Crippen LogP contribution in [0.5, 0.6) is 0 Å². The fourth-order valence-corrected chi connectivity index (χ4v) is 3.55. The monoisotopic (exact) mass is 307 g/mol. The first-order valence-electron chi connectivity index (χ1n) is 7.97. The van der Waals surface area contributed by atoms with E-state index in [0.717, 1.165) is 44.4 Å². The van der Waals surface area contributed by atoms with E-state index in [0.29, 0.717) is 0 Å². The Balaban J connectivity index is 1.98. The van der Waals surface area contributed by atoms with E-state index in [9.17, 15) is 4.79 Å². The Hall–Kier alpha value is -3.26. The molecule has 0 saturated carbocycles. The minimum absolute atomic E-state index is 0.0673. The van der Waals surface area contributed by atoms with E-state index in [1.54, 1.807) is 0 Å². The molecule has 1 aliphatic rings. The number of nitrogens with zero attached hydrogens (tertiary/aromatic N) is 1. The summed E-state index contributed by atoms with van der Waals surface area (Å²) < 4.78 is 0. The van der Waals surface area contributed by atoms with Gasteiger partial charge in [-0.15, -0.1) is 0 Å². The third-order valence-electron chi connectivity index (χ3n) is 4.61. The van der Waals surface area contributed by atoms with Gasteiger partial charge in [-0.25, -0.2) is 4.98 Å². The topological polar surface area (TPSA) is 30.0 Å². The van der Waals surface area contributed by atoms with Crippen molar-refractivity contribution >= 4 is 16.7 Å². The Bertz CT molecular complexity index is 1110. The van der Waals surface area contributed by atoms with Gasteiger partial charge in [-0.05, 0) is 11.6 Å². The zero-order valence-electron chi connectivity index (χ0n) is 12.9. The number of hydrogen-bond acceptors (Lipinski definition) is 2. The molecule has 2 nitrogen and oxygen atoms in total. The van der Waals surface area contributed by atoms with Gasteiger partial charge in [-0.2, -0.15) is 0 Å². The van der Waals surface area contributed by atoms with Crippen LogP contribution >= 0.6 is 0 Å². The number of fused-ring (bicyclic) bond motifs is 5. The predicted molar refractivity (Wildman–Crippen MR) is 96.0 cm³/mol. The van der Waals surface area contributed by atoms with Crippen molar-refractivity contribution in [2.75, 3.05) is 0 Å². The van der Waals surface area contributed by atoms with E-state index >= 15 is 0 Å². The quantitative estimate of drug-likeness (QED) is 0.430. The Morgan fingerprint density at radius 2 is 1.29 bits per heavy atom. The molecule has 112 valence electrons. The molecule has 0 atom stereocenters. The molecule has 0 saturated heterocycles. The Kier molecular flexibility index (Phi) is 2.68. The fraction of sp³-hybridized carbons (Fsp3) is 0. The zero-order chi connectivity index (χ0) is 16.1. The largest absolute Gasteiger partial charge is 0.288 e. The lowest BCUT2D eigenvalue weighted by Gasteiger charge is -2.11. The maximum Gasteiger partial charge on any atom is 0.196 e. The summed E-state index contributed by atoms with van der Waals surface area (Å²) in [6.45, 7) is 0. The first kappa shape index (κ1) is 13.2. The van der Waals surface area contributed by atoms with Crippen molar-refractivity contribution in [3.8, 4) is 22.4 Å². The van der Waals surface area contributed by atoms with Crippen molar-refractivity contribution in [2.24, 2.45) is 0 Å². The zero-order valence-corrected chi connectivity index (χ0v) is 12.9. The summed E-state index contributed by atoms with van der Waals surface area (Å²) in [5, 5.41) is 1.03. The fourth-order valence-electron chi connectivity index (χ4n) is 3.55. The van der Waals surface area contributed by atoms with Crippen LogP contribution in [-0.2, 0) is 0 Å². The highest BCUT2D eigenvalue weighted by Crippen LogP contribution is 2.44. The van der Waals surface area contributed by atoms with Crippen molar-refractivity contribution in [1.82, 2.24) is 4.98 Å². The van der Waals surface area contributed by atoms with Crippen molar-refractivity contribution in [3.05, 3.63) is 90.0 Å². The molecule has 0 bridgehead atoms. The average molecular weight is 307 g/mol. The predicted octanol–water partition coefficient (Wildman–Crippen LogP) is 5.11. The lowest BCUT2D eigenvalue weighted by molar-refractivity contribution is 0.104. The van der Waals surface area contributed by atoms with Gasteiger partial charge >= 0.3 is 0 Å². The molecular formula is C22H13NO. The van der Waals surface area contributed by atoms with Gasteiger partial charge in [0.15, 0.2) is 5.78 Å². The van der Waals surface area contributed by atoms with E-state index in [4.69, 9.17) is 4.98 Å². The second kappa shape index (κ2) is 4.87. The molecule has 0 N–H and O–H groups in total. The van der Waals surface area contributed by atoms with Crippen LogP contribution in [0.3, 0.4) is 0 Å². The third kappa shape index (κ3) is 1.71. The molecule has 2 heteroatoms. The van der Waals surface area contributed by atoms with Crippen LogP contribution in [-0.4, -0.2) is 10.8 Å². The molecule has 5 rings (SSSR count). The average Bonchev–Trinajstić information content (AvgIpc) is 2.96. The Morgan fingerprint density at radius 1 is 0.625 bits per heavy atom. The molecular weight excluding hydrogens is 294 g/mol. The summed E-state index contributed by atoms with van der Waals surface area (Å²) in [7, 11) is 0. The number of para-hydroxylation sites is 1. The molecule has 0 aliphatic heterocycles. The molecule has 0 radical (unpaired) electrons. The highest BCUT2D eigenvalue weighted by Gasteiger charge is 2.32. The Labute approximate surface area is 139 Å². The number of ketones is 1. The van der Waals surface area contributed by atoms with E-state index in [-0.39, 0.29) is 5.78 Å². The normalized spacial score (nSPS) is 12.2. The van der Waals surface area contributed by atoms with Crippen molar-refractivity contribution in [3.63, 3.8) is 0 Å². The van der Waals surface area contributed by atoms with Crippen LogP contribution < -0.4 is 0 Å². The molecule has 1 aliphatic carbocycles. The van der Waals surface area contributed by atoms with E-state index in [1.807, 2.05) is 78.9 Å². The van der Waals surface area contributed by atoms with Gasteiger partial charge in [0, 0.05) is 22.1 Å². The highest BCUT2D eigenvalue weighted by molar-refractivity contribution is 6.28. The summed E-state index contributed by atoms with van der Waals surface area (Å²) in [5.41, 5.74) is 6.17. The minimum Gasteiger partial charge on any atom is -0.288 e. The maximum absolute atomic E-state index is 13.1. The molecule has 0 amide bonds. The van der Waals surface area contributed by atoms with Crippen LogP contribution in [0.4, 0.5) is 0 Å². The second-order valence-corrected chi connectivity index (χ2v) is 5.97. The SMILES string of the molecule is O=C1c2ccccc2-c2c1c(-c1ccccc1)nc1ccccc21. The molecule has 1 heterocycles. The first-order chi connectivity index (χ1) is 11.8. The van der Waals surface area contributed by atoms with Gasteiger partial charge in [-0.1, -0.05) is 72.8 Å². The van der Waals surface area contributed by atoms with Gasteiger partial charge < -0.3 is 0 Å². The summed E-state index contributed by atoms with van der Waals surface area (Å²) in [4.78, 5) is 17.9. The maximum atomic E-state index is 13.1. The van der Waals surface area contributed by atoms with Gasteiger partial charge in [0.25, 0.3) is 0 Å². The number of aromatic nitrogens is 1. The lowest BCUT2D eigenvalue weighted by Crippen LogP contribution is -2.01. The van der Waals surface area contributed by atoms with Gasteiger partial charge in [0.1, 0.15) is 0 Å². The second-order valence-electron chi connectivity index (χ2n) is 5.97. The molecule has 4 aromatic rings. The standard InChI is InChI=1S/C22H13NO/c24-22-16-11-5-4-10-15(16)19-17-12-6-7-13-18(17)23-21(20(19)22)14-8-2-1-3-9-14/h1-13H. The minimum atomic E-state index is 0.0673. The third-order valence-corrected chi connectivity index (χ3v) is 4.61. The van der Waals surface area contributed by atoms with Crippen LogP contribution in [0.2, 0.25) is 0 Å². The smallest absolute Gasteiger partial charge is 0.196 e. The molecule has 0 unspecified atom stereocenters. The number of carbonyl (C=O) groups excluding carboxylic acids is 1. The summed E-state index contributed by atoms with van der Waals surface area (Å²) >= 11 is 0. The molecule has 1 aromatic heterocycles. The van der Waals surface area contributed by atoms with Crippen LogP contribution in [0.1, 0.15) is 15.9 Å². The lowest BCUT2D eigenvalue weighted by atomic mass is 9.96. The van der Waals surface area contributed by atoms with Crippen LogP contribution in [0.25, 0.3) is 33.3 Å². The number of pyridine rings is 1.